The number of hydrogen-bond donors (Lipinski definition) is 2. The molecule has 1 atom stereocenters. The average molecular weight is 438 g/mol. The molecule has 0 fully saturated rings. The van der Waals surface area contributed by atoms with Gasteiger partial charge in [0.15, 0.2) is 17.7 Å². The number of aryl methyl sites for hydroxylation is 1. The lowest BCUT2D eigenvalue weighted by atomic mass is 10.3. The highest BCUT2D eigenvalue weighted by atomic mass is 32.1. The second-order valence-electron chi connectivity index (χ2n) is 6.80. The van der Waals surface area contributed by atoms with Gasteiger partial charge in [-0.1, -0.05) is 30.3 Å². The van der Waals surface area contributed by atoms with Crippen LogP contribution in [0.4, 0.5) is 4.39 Å². The van der Waals surface area contributed by atoms with E-state index in [1.54, 1.807) is 16.8 Å². The van der Waals surface area contributed by atoms with E-state index in [0.717, 1.165) is 21.6 Å². The maximum atomic E-state index is 13.7. The molecule has 4 rings (SSSR count). The standard InChI is InChI=1S/C22H19FN4O3S/c1-13-16-12-19(31-22(16)27(26-13)15-8-4-3-5-9-15)21(29)25-24-20(28)14(2)30-18-11-7-6-10-17(18)23/h3-12,14H,1-2H3,(H,24,28)(H,25,29). The Hall–Kier alpha value is -3.72. The lowest BCUT2D eigenvalue weighted by Gasteiger charge is -2.15. The first kappa shape index (κ1) is 20.5. The fraction of sp³-hybridized carbons (Fsp3) is 0.136. The number of nitrogens with zero attached hydrogens (tertiary/aromatic N) is 2. The first-order chi connectivity index (χ1) is 14.9. The van der Waals surface area contributed by atoms with E-state index in [9.17, 15) is 14.0 Å². The van der Waals surface area contributed by atoms with Crippen LogP contribution in [-0.4, -0.2) is 27.7 Å². The number of ether oxygens (including phenoxy) is 1. The van der Waals surface area contributed by atoms with E-state index >= 15 is 0 Å². The third-order valence-corrected chi connectivity index (χ3v) is 5.69. The summed E-state index contributed by atoms with van der Waals surface area (Å²) in [6.07, 6.45) is -1.01. The zero-order valence-electron chi connectivity index (χ0n) is 16.8. The van der Waals surface area contributed by atoms with Gasteiger partial charge in [-0.25, -0.2) is 9.07 Å². The first-order valence-corrected chi connectivity index (χ1v) is 10.3. The number of carbonyl (C=O) groups excluding carboxylic acids is 2. The summed E-state index contributed by atoms with van der Waals surface area (Å²) in [6.45, 7) is 3.34. The summed E-state index contributed by atoms with van der Waals surface area (Å²) >= 11 is 1.27. The molecule has 0 aliphatic rings. The van der Waals surface area contributed by atoms with Crippen LogP contribution in [0.3, 0.4) is 0 Å². The largest absolute Gasteiger partial charge is 0.478 e. The van der Waals surface area contributed by atoms with Crippen molar-refractivity contribution in [1.29, 1.82) is 0 Å². The van der Waals surface area contributed by atoms with Crippen molar-refractivity contribution in [2.45, 2.75) is 20.0 Å². The smallest absolute Gasteiger partial charge is 0.279 e. The molecule has 2 heterocycles. The van der Waals surface area contributed by atoms with Gasteiger partial charge in [0, 0.05) is 5.39 Å². The minimum Gasteiger partial charge on any atom is -0.478 e. The number of fused-ring (bicyclic) bond motifs is 1. The highest BCUT2D eigenvalue weighted by Crippen LogP contribution is 2.30. The van der Waals surface area contributed by atoms with Crippen molar-refractivity contribution in [3.63, 3.8) is 0 Å². The maximum absolute atomic E-state index is 13.7. The molecule has 0 spiro atoms. The molecule has 1 unspecified atom stereocenters. The molecule has 0 bridgehead atoms. The van der Waals surface area contributed by atoms with Crippen molar-refractivity contribution in [1.82, 2.24) is 20.6 Å². The van der Waals surface area contributed by atoms with Gasteiger partial charge >= 0.3 is 0 Å². The molecule has 2 aromatic carbocycles. The molecule has 0 aliphatic heterocycles. The van der Waals surface area contributed by atoms with Crippen LogP contribution in [0.1, 0.15) is 22.3 Å². The summed E-state index contributed by atoms with van der Waals surface area (Å²) in [4.78, 5) is 26.0. The molecular weight excluding hydrogens is 419 g/mol. The zero-order valence-corrected chi connectivity index (χ0v) is 17.6. The van der Waals surface area contributed by atoms with Crippen LogP contribution in [0.25, 0.3) is 15.9 Å². The highest BCUT2D eigenvalue weighted by molar-refractivity contribution is 7.20. The lowest BCUT2D eigenvalue weighted by molar-refractivity contribution is -0.128. The monoisotopic (exact) mass is 438 g/mol. The summed E-state index contributed by atoms with van der Waals surface area (Å²) in [6, 6.07) is 17.1. The second kappa shape index (κ2) is 8.57. The van der Waals surface area contributed by atoms with Crippen LogP contribution >= 0.6 is 11.3 Å². The van der Waals surface area contributed by atoms with E-state index in [0.29, 0.717) is 4.88 Å². The zero-order chi connectivity index (χ0) is 22.0. The Bertz CT molecular complexity index is 1250. The molecule has 4 aromatic rings. The fourth-order valence-electron chi connectivity index (χ4n) is 2.97. The van der Waals surface area contributed by atoms with Crippen LogP contribution < -0.4 is 15.6 Å². The molecule has 2 amide bonds. The normalized spacial score (nSPS) is 11.8. The minimum atomic E-state index is -1.01. The van der Waals surface area contributed by atoms with E-state index in [-0.39, 0.29) is 5.75 Å². The number of aromatic nitrogens is 2. The molecule has 7 nitrogen and oxygen atoms in total. The summed E-state index contributed by atoms with van der Waals surface area (Å²) in [5.41, 5.74) is 6.38. The summed E-state index contributed by atoms with van der Waals surface area (Å²) in [5.74, 6) is -1.68. The highest BCUT2D eigenvalue weighted by Gasteiger charge is 2.20. The molecule has 0 radical (unpaired) electrons. The van der Waals surface area contributed by atoms with Crippen molar-refractivity contribution in [3.05, 3.63) is 77.1 Å². The Morgan fingerprint density at radius 3 is 2.55 bits per heavy atom. The van der Waals surface area contributed by atoms with Gasteiger partial charge < -0.3 is 4.74 Å². The number of amides is 2. The topological polar surface area (TPSA) is 85.3 Å². The Morgan fingerprint density at radius 2 is 1.81 bits per heavy atom. The van der Waals surface area contributed by atoms with Crippen LogP contribution in [0.5, 0.6) is 5.75 Å². The number of rotatable bonds is 5. The van der Waals surface area contributed by atoms with Crippen molar-refractivity contribution in [3.8, 4) is 11.4 Å². The Morgan fingerprint density at radius 1 is 1.10 bits per heavy atom. The molecular formula is C22H19FN4O3S. The Balaban J connectivity index is 1.44. The van der Waals surface area contributed by atoms with Crippen molar-refractivity contribution in [2.75, 3.05) is 0 Å². The molecule has 0 saturated heterocycles. The van der Waals surface area contributed by atoms with Crippen molar-refractivity contribution in [2.24, 2.45) is 0 Å². The van der Waals surface area contributed by atoms with Crippen molar-refractivity contribution >= 4 is 33.4 Å². The van der Waals surface area contributed by atoms with E-state index in [4.69, 9.17) is 4.74 Å². The van der Waals surface area contributed by atoms with Gasteiger partial charge in [0.05, 0.1) is 16.3 Å². The summed E-state index contributed by atoms with van der Waals surface area (Å²) in [5, 5.41) is 5.41. The molecule has 9 heteroatoms. The molecule has 0 saturated carbocycles. The predicted octanol–water partition coefficient (Wildman–Crippen LogP) is 3.76. The lowest BCUT2D eigenvalue weighted by Crippen LogP contribution is -2.47. The van der Waals surface area contributed by atoms with Gasteiger partial charge in [-0.15, -0.1) is 11.3 Å². The quantitative estimate of drug-likeness (QED) is 0.465. The number of carbonyl (C=O) groups is 2. The Kier molecular flexibility index (Phi) is 5.68. The van der Waals surface area contributed by atoms with Gasteiger partial charge in [0.2, 0.25) is 0 Å². The van der Waals surface area contributed by atoms with Gasteiger partial charge in [-0.2, -0.15) is 5.10 Å². The van der Waals surface area contributed by atoms with Crippen LogP contribution in [0.15, 0.2) is 60.7 Å². The molecule has 0 aliphatic carbocycles. The van der Waals surface area contributed by atoms with Gasteiger partial charge in [0.25, 0.3) is 11.8 Å². The van der Waals surface area contributed by atoms with E-state index in [2.05, 4.69) is 16.0 Å². The summed E-state index contributed by atoms with van der Waals surface area (Å²) < 4.78 is 20.8. The number of hydrazine groups is 1. The molecule has 2 aromatic heterocycles. The molecule has 2 N–H and O–H groups in total. The third-order valence-electron chi connectivity index (χ3n) is 4.58. The predicted molar refractivity (Wildman–Crippen MR) is 116 cm³/mol. The number of benzene rings is 2. The van der Waals surface area contributed by atoms with Crippen LogP contribution in [0.2, 0.25) is 0 Å². The van der Waals surface area contributed by atoms with Gasteiger partial charge in [-0.05, 0) is 44.2 Å². The SMILES string of the molecule is Cc1nn(-c2ccccc2)c2sc(C(=O)NNC(=O)C(C)Oc3ccccc3F)cc12. The fourth-order valence-corrected chi connectivity index (χ4v) is 4.05. The van der Waals surface area contributed by atoms with Crippen LogP contribution in [-0.2, 0) is 4.79 Å². The number of halogens is 1. The van der Waals surface area contributed by atoms with E-state index in [1.807, 2.05) is 37.3 Å². The average Bonchev–Trinajstić information content (AvgIpc) is 3.34. The molecule has 31 heavy (non-hydrogen) atoms. The number of hydrogen-bond acceptors (Lipinski definition) is 5. The van der Waals surface area contributed by atoms with E-state index < -0.39 is 23.7 Å². The van der Waals surface area contributed by atoms with Crippen LogP contribution in [0, 0.1) is 12.7 Å². The minimum absolute atomic E-state index is 0.0399. The molecule has 158 valence electrons. The third kappa shape index (κ3) is 4.26. The second-order valence-corrected chi connectivity index (χ2v) is 7.83. The number of para-hydroxylation sites is 2. The van der Waals surface area contributed by atoms with Crippen molar-refractivity contribution < 1.29 is 18.7 Å². The Labute approximate surface area is 181 Å². The summed E-state index contributed by atoms with van der Waals surface area (Å²) in [7, 11) is 0. The maximum Gasteiger partial charge on any atom is 0.279 e. The number of nitrogens with one attached hydrogen (secondary N) is 2. The first-order valence-electron chi connectivity index (χ1n) is 9.50. The van der Waals surface area contributed by atoms with Gasteiger partial charge in [-0.3, -0.25) is 20.4 Å². The van der Waals surface area contributed by atoms with Gasteiger partial charge in [0.1, 0.15) is 4.83 Å². The number of thiophene rings is 1. The van der Waals surface area contributed by atoms with E-state index in [1.165, 1.54) is 36.5 Å².